The van der Waals surface area contributed by atoms with E-state index in [2.05, 4.69) is 0 Å². The third-order valence-corrected chi connectivity index (χ3v) is 2.92. The second kappa shape index (κ2) is 5.40. The van der Waals surface area contributed by atoms with Gasteiger partial charge in [0.25, 0.3) is 0 Å². The van der Waals surface area contributed by atoms with E-state index in [0.717, 1.165) is 5.56 Å². The molecule has 0 amide bonds. The van der Waals surface area contributed by atoms with E-state index >= 15 is 0 Å². The predicted molar refractivity (Wildman–Crippen MR) is 72.0 cm³/mol. The van der Waals surface area contributed by atoms with Crippen LogP contribution >= 0.6 is 11.6 Å². The van der Waals surface area contributed by atoms with Crippen LogP contribution in [-0.4, -0.2) is 0 Å². The van der Waals surface area contributed by atoms with E-state index in [4.69, 9.17) is 16.3 Å². The highest BCUT2D eigenvalue weighted by molar-refractivity contribution is 6.30. The minimum atomic E-state index is -0.351. The molecule has 1 nitrogen and oxygen atoms in total. The zero-order chi connectivity index (χ0) is 13.1. The Labute approximate surface area is 111 Å². The third-order valence-electron chi connectivity index (χ3n) is 2.66. The molecule has 2 rings (SSSR count). The Morgan fingerprint density at radius 3 is 2.28 bits per heavy atom. The summed E-state index contributed by atoms with van der Waals surface area (Å²) < 4.78 is 19.3. The minimum Gasteiger partial charge on any atom is -0.454 e. The van der Waals surface area contributed by atoms with Gasteiger partial charge in [-0.05, 0) is 47.9 Å². The molecule has 0 aliphatic heterocycles. The Hall–Kier alpha value is -1.54. The zero-order valence-corrected chi connectivity index (χ0v) is 11.0. The highest BCUT2D eigenvalue weighted by Crippen LogP contribution is 2.28. The average Bonchev–Trinajstić information content (AvgIpc) is 2.34. The SMILES string of the molecule is CC(C)c1ccc(Oc2ccc(Cl)cc2)c(F)c1. The molecule has 18 heavy (non-hydrogen) atoms. The molecule has 0 saturated heterocycles. The van der Waals surface area contributed by atoms with Gasteiger partial charge in [0, 0.05) is 5.02 Å². The van der Waals surface area contributed by atoms with Crippen molar-refractivity contribution in [2.45, 2.75) is 19.8 Å². The maximum absolute atomic E-state index is 13.8. The van der Waals surface area contributed by atoms with Crippen LogP contribution in [0.1, 0.15) is 25.3 Å². The van der Waals surface area contributed by atoms with Gasteiger partial charge in [-0.2, -0.15) is 0 Å². The van der Waals surface area contributed by atoms with Gasteiger partial charge in [0.15, 0.2) is 11.6 Å². The summed E-state index contributed by atoms with van der Waals surface area (Å²) in [6.45, 7) is 4.04. The molecule has 0 aliphatic carbocycles. The molecule has 3 heteroatoms. The van der Waals surface area contributed by atoms with Gasteiger partial charge in [-0.15, -0.1) is 0 Å². The molecule has 0 spiro atoms. The van der Waals surface area contributed by atoms with E-state index in [-0.39, 0.29) is 11.6 Å². The lowest BCUT2D eigenvalue weighted by Gasteiger charge is -2.10. The summed E-state index contributed by atoms with van der Waals surface area (Å²) in [4.78, 5) is 0. The fraction of sp³-hybridized carbons (Fsp3) is 0.200. The summed E-state index contributed by atoms with van der Waals surface area (Å²) >= 11 is 5.77. The number of hydrogen-bond donors (Lipinski definition) is 0. The zero-order valence-electron chi connectivity index (χ0n) is 10.3. The van der Waals surface area contributed by atoms with Crippen LogP contribution in [0.15, 0.2) is 42.5 Å². The number of benzene rings is 2. The van der Waals surface area contributed by atoms with Crippen molar-refractivity contribution in [1.29, 1.82) is 0 Å². The number of ether oxygens (including phenoxy) is 1. The first kappa shape index (κ1) is 12.9. The van der Waals surface area contributed by atoms with Crippen molar-refractivity contribution in [3.63, 3.8) is 0 Å². The van der Waals surface area contributed by atoms with Crippen molar-refractivity contribution in [3.8, 4) is 11.5 Å². The predicted octanol–water partition coefficient (Wildman–Crippen LogP) is 5.39. The Morgan fingerprint density at radius 1 is 1.06 bits per heavy atom. The van der Waals surface area contributed by atoms with Crippen LogP contribution in [0.25, 0.3) is 0 Å². The molecule has 0 heterocycles. The Morgan fingerprint density at radius 2 is 1.72 bits per heavy atom. The molecule has 0 aliphatic rings. The summed E-state index contributed by atoms with van der Waals surface area (Å²) in [7, 11) is 0. The summed E-state index contributed by atoms with van der Waals surface area (Å²) in [6, 6.07) is 11.9. The normalized spacial score (nSPS) is 10.7. The van der Waals surface area contributed by atoms with E-state index in [1.165, 1.54) is 6.07 Å². The second-order valence-corrected chi connectivity index (χ2v) is 4.84. The molecule has 0 saturated carbocycles. The first-order valence-corrected chi connectivity index (χ1v) is 6.17. The first-order valence-electron chi connectivity index (χ1n) is 5.79. The van der Waals surface area contributed by atoms with Gasteiger partial charge in [-0.3, -0.25) is 0 Å². The van der Waals surface area contributed by atoms with Gasteiger partial charge in [0.2, 0.25) is 0 Å². The lowest BCUT2D eigenvalue weighted by Crippen LogP contribution is -1.92. The van der Waals surface area contributed by atoms with E-state index < -0.39 is 0 Å². The van der Waals surface area contributed by atoms with Gasteiger partial charge in [-0.25, -0.2) is 4.39 Å². The van der Waals surface area contributed by atoms with Crippen LogP contribution in [0.4, 0.5) is 4.39 Å². The highest BCUT2D eigenvalue weighted by Gasteiger charge is 2.08. The largest absolute Gasteiger partial charge is 0.454 e. The van der Waals surface area contributed by atoms with E-state index in [1.54, 1.807) is 30.3 Å². The molecule has 94 valence electrons. The lowest BCUT2D eigenvalue weighted by atomic mass is 10.0. The molecule has 2 aromatic rings. The van der Waals surface area contributed by atoms with E-state index in [9.17, 15) is 4.39 Å². The monoisotopic (exact) mass is 264 g/mol. The number of halogens is 2. The summed E-state index contributed by atoms with van der Waals surface area (Å²) in [5, 5.41) is 0.623. The fourth-order valence-corrected chi connectivity index (χ4v) is 1.71. The highest BCUT2D eigenvalue weighted by atomic mass is 35.5. The van der Waals surface area contributed by atoms with Gasteiger partial charge < -0.3 is 4.74 Å². The first-order chi connectivity index (χ1) is 8.56. The Balaban J connectivity index is 2.22. The van der Waals surface area contributed by atoms with Crippen molar-refractivity contribution < 1.29 is 9.13 Å². The van der Waals surface area contributed by atoms with Crippen LogP contribution in [0, 0.1) is 5.82 Å². The Kier molecular flexibility index (Phi) is 3.87. The van der Waals surface area contributed by atoms with Gasteiger partial charge in [0.05, 0.1) is 0 Å². The molecule has 0 fully saturated rings. The molecule has 2 aromatic carbocycles. The van der Waals surface area contributed by atoms with E-state index in [1.807, 2.05) is 19.9 Å². The van der Waals surface area contributed by atoms with Gasteiger partial charge >= 0.3 is 0 Å². The van der Waals surface area contributed by atoms with Crippen LogP contribution in [0.3, 0.4) is 0 Å². The smallest absolute Gasteiger partial charge is 0.166 e. The number of hydrogen-bond acceptors (Lipinski definition) is 1. The minimum absolute atomic E-state index is 0.224. The van der Waals surface area contributed by atoms with Crippen molar-refractivity contribution in [2.24, 2.45) is 0 Å². The molecule has 0 aromatic heterocycles. The van der Waals surface area contributed by atoms with Crippen molar-refractivity contribution in [1.82, 2.24) is 0 Å². The lowest BCUT2D eigenvalue weighted by molar-refractivity contribution is 0.441. The topological polar surface area (TPSA) is 9.23 Å². The van der Waals surface area contributed by atoms with E-state index in [0.29, 0.717) is 16.7 Å². The molecular weight excluding hydrogens is 251 g/mol. The van der Waals surface area contributed by atoms with Crippen LogP contribution in [0.2, 0.25) is 5.02 Å². The summed E-state index contributed by atoms with van der Waals surface area (Å²) in [6.07, 6.45) is 0. The van der Waals surface area contributed by atoms with Crippen LogP contribution in [-0.2, 0) is 0 Å². The van der Waals surface area contributed by atoms with Crippen LogP contribution < -0.4 is 4.74 Å². The number of rotatable bonds is 3. The standard InChI is InChI=1S/C15H14ClFO/c1-10(2)11-3-8-15(14(17)9-11)18-13-6-4-12(16)5-7-13/h3-10H,1-2H3. The summed E-state index contributed by atoms with van der Waals surface area (Å²) in [5.41, 5.74) is 0.955. The van der Waals surface area contributed by atoms with Gasteiger partial charge in [0.1, 0.15) is 5.75 Å². The maximum Gasteiger partial charge on any atom is 0.166 e. The molecule has 0 unspecified atom stereocenters. The van der Waals surface area contributed by atoms with Crippen molar-refractivity contribution in [3.05, 3.63) is 58.9 Å². The third kappa shape index (κ3) is 3.02. The molecule has 0 radical (unpaired) electrons. The van der Waals surface area contributed by atoms with Gasteiger partial charge in [-0.1, -0.05) is 31.5 Å². The molecule has 0 bridgehead atoms. The second-order valence-electron chi connectivity index (χ2n) is 4.40. The maximum atomic E-state index is 13.8. The van der Waals surface area contributed by atoms with Crippen molar-refractivity contribution >= 4 is 11.6 Å². The average molecular weight is 265 g/mol. The molecule has 0 atom stereocenters. The Bertz CT molecular complexity index is 535. The molecular formula is C15H14ClFO. The fourth-order valence-electron chi connectivity index (χ4n) is 1.59. The summed E-state index contributed by atoms with van der Waals surface area (Å²) in [5.74, 6) is 0.734. The quantitative estimate of drug-likeness (QED) is 0.722. The van der Waals surface area contributed by atoms with Crippen LogP contribution in [0.5, 0.6) is 11.5 Å². The molecule has 0 N–H and O–H groups in total. The van der Waals surface area contributed by atoms with Crippen molar-refractivity contribution in [2.75, 3.05) is 0 Å².